The third-order valence-electron chi connectivity index (χ3n) is 2.96. The molecule has 4 nitrogen and oxygen atoms in total. The summed E-state index contributed by atoms with van der Waals surface area (Å²) in [5, 5.41) is 3.40. The molecule has 20 heavy (non-hydrogen) atoms. The molecule has 2 N–H and O–H groups in total. The van der Waals surface area contributed by atoms with E-state index >= 15 is 0 Å². The summed E-state index contributed by atoms with van der Waals surface area (Å²) in [5.74, 6) is 0.308. The highest BCUT2D eigenvalue weighted by Gasteiger charge is 2.24. The minimum atomic E-state index is -3.69. The van der Waals surface area contributed by atoms with Crippen LogP contribution in [0.3, 0.4) is 0 Å². The molecule has 1 unspecified atom stereocenters. The minimum Gasteiger partial charge on any atom is -0.316 e. The van der Waals surface area contributed by atoms with Gasteiger partial charge in [-0.1, -0.05) is 39.1 Å². The van der Waals surface area contributed by atoms with Crippen LogP contribution in [0.5, 0.6) is 0 Å². The zero-order valence-electron chi connectivity index (χ0n) is 10.3. The molecule has 0 spiro atoms. The zero-order valence-corrected chi connectivity index (χ0v) is 15.1. The summed E-state index contributed by atoms with van der Waals surface area (Å²) in [6.07, 6.45) is 0.963. The van der Waals surface area contributed by atoms with Crippen molar-refractivity contribution in [2.75, 3.05) is 19.6 Å². The average Bonchev–Trinajstić information content (AvgIpc) is 2.77. The van der Waals surface area contributed by atoms with Gasteiger partial charge in [-0.2, -0.15) is 0 Å². The van der Waals surface area contributed by atoms with Crippen LogP contribution in [0.15, 0.2) is 21.5 Å². The predicted octanol–water partition coefficient (Wildman–Crippen LogP) is 3.07. The Morgan fingerprint density at radius 3 is 2.45 bits per heavy atom. The molecule has 0 radical (unpaired) electrons. The first-order valence-electron chi connectivity index (χ1n) is 5.75. The number of sulfonamides is 1. The molecule has 0 saturated carbocycles. The number of benzene rings is 1. The van der Waals surface area contributed by atoms with E-state index in [2.05, 4.69) is 26.0 Å². The van der Waals surface area contributed by atoms with Gasteiger partial charge in [0.05, 0.1) is 10.0 Å². The van der Waals surface area contributed by atoms with Crippen LogP contribution in [0, 0.1) is 5.92 Å². The lowest BCUT2D eigenvalue weighted by molar-refractivity contribution is 0.539. The third kappa shape index (κ3) is 4.47. The van der Waals surface area contributed by atoms with E-state index in [4.69, 9.17) is 23.2 Å². The molecular formula is C11H14BrCl3N2O2S. The maximum absolute atomic E-state index is 12.2. The average molecular weight is 425 g/mol. The molecule has 9 heteroatoms. The number of halogens is 4. The smallest absolute Gasteiger partial charge is 0.243 e. The Bertz CT molecular complexity index is 554. The van der Waals surface area contributed by atoms with Crippen molar-refractivity contribution in [1.29, 1.82) is 0 Å². The molecule has 0 aliphatic carbocycles. The van der Waals surface area contributed by atoms with Gasteiger partial charge >= 0.3 is 0 Å². The molecule has 114 valence electrons. The molecule has 1 aliphatic rings. The van der Waals surface area contributed by atoms with Gasteiger partial charge in [0.15, 0.2) is 0 Å². The Balaban J connectivity index is 0.00000200. The summed E-state index contributed by atoms with van der Waals surface area (Å²) < 4.78 is 27.7. The Morgan fingerprint density at radius 2 is 1.95 bits per heavy atom. The highest BCUT2D eigenvalue weighted by Crippen LogP contribution is 2.32. The normalized spacial score (nSPS) is 18.9. The fourth-order valence-electron chi connectivity index (χ4n) is 1.97. The molecular weight excluding hydrogens is 410 g/mol. The molecule has 0 aromatic heterocycles. The van der Waals surface area contributed by atoms with Crippen LogP contribution < -0.4 is 10.0 Å². The Kier molecular flexibility index (Phi) is 7.05. The lowest BCUT2D eigenvalue weighted by atomic mass is 10.1. The van der Waals surface area contributed by atoms with Gasteiger partial charge in [0.1, 0.15) is 4.90 Å². The van der Waals surface area contributed by atoms with Crippen LogP contribution in [-0.2, 0) is 10.0 Å². The third-order valence-corrected chi connectivity index (χ3v) is 5.76. The van der Waals surface area contributed by atoms with E-state index < -0.39 is 10.0 Å². The molecule has 2 rings (SSSR count). The Morgan fingerprint density at radius 1 is 1.35 bits per heavy atom. The van der Waals surface area contributed by atoms with Gasteiger partial charge in [-0.3, -0.25) is 0 Å². The van der Waals surface area contributed by atoms with Crippen molar-refractivity contribution in [3.63, 3.8) is 0 Å². The molecule has 0 amide bonds. The molecule has 1 fully saturated rings. The lowest BCUT2D eigenvalue weighted by Crippen LogP contribution is -2.30. The Labute approximate surface area is 143 Å². The van der Waals surface area contributed by atoms with Crippen molar-refractivity contribution in [2.45, 2.75) is 11.3 Å². The lowest BCUT2D eigenvalue weighted by Gasteiger charge is -2.13. The maximum atomic E-state index is 12.2. The van der Waals surface area contributed by atoms with Crippen molar-refractivity contribution in [3.8, 4) is 0 Å². The van der Waals surface area contributed by atoms with Crippen LogP contribution in [0.4, 0.5) is 0 Å². The number of rotatable bonds is 4. The topological polar surface area (TPSA) is 58.2 Å². The summed E-state index contributed by atoms with van der Waals surface area (Å²) in [6, 6.07) is 3.03. The Hall–Kier alpha value is 0.440. The van der Waals surface area contributed by atoms with E-state index in [1.807, 2.05) is 0 Å². The van der Waals surface area contributed by atoms with Gasteiger partial charge in [0.2, 0.25) is 10.0 Å². The first-order chi connectivity index (χ1) is 8.90. The van der Waals surface area contributed by atoms with Gasteiger partial charge < -0.3 is 5.32 Å². The molecule has 1 aromatic rings. The fraction of sp³-hybridized carbons (Fsp3) is 0.455. The van der Waals surface area contributed by atoms with Gasteiger partial charge in [0, 0.05) is 11.0 Å². The van der Waals surface area contributed by atoms with E-state index in [1.54, 1.807) is 0 Å². The molecule has 1 saturated heterocycles. The maximum Gasteiger partial charge on any atom is 0.243 e. The second-order valence-electron chi connectivity index (χ2n) is 4.41. The summed E-state index contributed by atoms with van der Waals surface area (Å²) in [4.78, 5) is -0.0648. The number of hydrogen-bond donors (Lipinski definition) is 2. The van der Waals surface area contributed by atoms with E-state index in [0.717, 1.165) is 19.5 Å². The van der Waals surface area contributed by atoms with E-state index in [9.17, 15) is 8.42 Å². The summed E-state index contributed by atoms with van der Waals surface area (Å²) in [6.45, 7) is 2.13. The molecule has 1 atom stereocenters. The standard InChI is InChI=1S/C11H13BrCl2N2O2S.ClH/c12-8-3-9(13)11(10(14)4-8)19(17,18)16-6-7-1-2-15-5-7;/h3-4,7,15-16H,1-2,5-6H2;1H. The van der Waals surface area contributed by atoms with Crippen LogP contribution >= 0.6 is 51.5 Å². The minimum absolute atomic E-state index is 0. The van der Waals surface area contributed by atoms with Gasteiger partial charge in [-0.15, -0.1) is 12.4 Å². The highest BCUT2D eigenvalue weighted by molar-refractivity contribution is 9.10. The predicted molar refractivity (Wildman–Crippen MR) is 87.6 cm³/mol. The fourth-order valence-corrected chi connectivity index (χ4v) is 5.02. The summed E-state index contributed by atoms with van der Waals surface area (Å²) >= 11 is 15.2. The van der Waals surface area contributed by atoms with Crippen LogP contribution in [0.2, 0.25) is 10.0 Å². The second kappa shape index (κ2) is 7.63. The number of hydrogen-bond acceptors (Lipinski definition) is 3. The first-order valence-corrected chi connectivity index (χ1v) is 8.78. The molecule has 1 heterocycles. The number of nitrogens with one attached hydrogen (secondary N) is 2. The first kappa shape index (κ1) is 18.5. The van der Waals surface area contributed by atoms with Gasteiger partial charge in [-0.05, 0) is 37.6 Å². The van der Waals surface area contributed by atoms with E-state index in [-0.39, 0.29) is 27.3 Å². The molecule has 1 aromatic carbocycles. The summed E-state index contributed by atoms with van der Waals surface area (Å²) in [5.41, 5.74) is 0. The van der Waals surface area contributed by atoms with Crippen LogP contribution in [0.25, 0.3) is 0 Å². The van der Waals surface area contributed by atoms with Crippen LogP contribution in [-0.4, -0.2) is 28.1 Å². The zero-order chi connectivity index (χ0) is 14.0. The van der Waals surface area contributed by atoms with Crippen molar-refractivity contribution in [2.24, 2.45) is 5.92 Å². The summed E-state index contributed by atoms with van der Waals surface area (Å²) in [7, 11) is -3.69. The van der Waals surface area contributed by atoms with Crippen molar-refractivity contribution < 1.29 is 8.42 Å². The van der Waals surface area contributed by atoms with E-state index in [1.165, 1.54) is 12.1 Å². The quantitative estimate of drug-likeness (QED) is 0.781. The highest BCUT2D eigenvalue weighted by atomic mass is 79.9. The van der Waals surface area contributed by atoms with Gasteiger partial charge in [-0.25, -0.2) is 13.1 Å². The second-order valence-corrected chi connectivity index (χ2v) is 7.84. The largest absolute Gasteiger partial charge is 0.316 e. The molecule has 1 aliphatic heterocycles. The van der Waals surface area contributed by atoms with Crippen molar-refractivity contribution in [1.82, 2.24) is 10.0 Å². The monoisotopic (exact) mass is 422 g/mol. The molecule has 0 bridgehead atoms. The van der Waals surface area contributed by atoms with E-state index in [0.29, 0.717) is 16.9 Å². The van der Waals surface area contributed by atoms with Gasteiger partial charge in [0.25, 0.3) is 0 Å². The van der Waals surface area contributed by atoms with Crippen LogP contribution in [0.1, 0.15) is 6.42 Å². The van der Waals surface area contributed by atoms with Crippen molar-refractivity contribution >= 4 is 61.6 Å². The van der Waals surface area contributed by atoms with Crippen molar-refractivity contribution in [3.05, 3.63) is 26.7 Å². The SMILES string of the molecule is Cl.O=S(=O)(NCC1CCNC1)c1c(Cl)cc(Br)cc1Cl.